The highest BCUT2D eigenvalue weighted by atomic mass is 15.2. The summed E-state index contributed by atoms with van der Waals surface area (Å²) in [5.41, 5.74) is 39.9. The summed E-state index contributed by atoms with van der Waals surface area (Å²) in [6, 6.07) is 155. The van der Waals surface area contributed by atoms with Crippen molar-refractivity contribution in [2.24, 2.45) is 0 Å². The van der Waals surface area contributed by atoms with Crippen LogP contribution < -0.4 is 14.7 Å². The van der Waals surface area contributed by atoms with Crippen LogP contribution >= 0.6 is 0 Å². The number of rotatable bonds is 12. The van der Waals surface area contributed by atoms with Gasteiger partial charge in [-0.3, -0.25) is 0 Å². The van der Waals surface area contributed by atoms with E-state index in [2.05, 4.69) is 508 Å². The molecule has 0 saturated heterocycles. The van der Waals surface area contributed by atoms with Crippen LogP contribution in [0.4, 0.5) is 51.2 Å². The van der Waals surface area contributed by atoms with E-state index in [9.17, 15) is 0 Å². The Hall–Kier alpha value is -15.2. The summed E-state index contributed by atoms with van der Waals surface area (Å²) in [5, 5.41) is 7.52. The second-order valence-corrected chi connectivity index (χ2v) is 35.3. The largest absolute Gasteiger partial charge is 0.310 e. The predicted molar refractivity (Wildman–Crippen MR) is 529 cm³/mol. The Labute approximate surface area is 731 Å². The van der Waals surface area contributed by atoms with Crippen LogP contribution in [0.3, 0.4) is 0 Å². The molecule has 0 spiro atoms. The van der Waals surface area contributed by atoms with Crippen LogP contribution in [0.2, 0.25) is 0 Å². The predicted octanol–water partition coefficient (Wildman–Crippen LogP) is 32.3. The van der Waals surface area contributed by atoms with E-state index in [4.69, 9.17) is 0 Å². The van der Waals surface area contributed by atoms with Crippen molar-refractivity contribution in [1.82, 2.24) is 13.7 Å². The Morgan fingerprint density at radius 1 is 0.184 bits per heavy atom. The second-order valence-electron chi connectivity index (χ2n) is 35.3. The molecule has 21 aromatic rings. The fraction of sp³-hybridized carbons (Fsp3) is 0.0924. The molecule has 0 fully saturated rings. The van der Waals surface area contributed by atoms with Crippen LogP contribution in [-0.2, 0) is 16.2 Å². The summed E-state index contributed by atoms with van der Waals surface area (Å²) < 4.78 is 7.12. The molecule has 3 aromatic heterocycles. The molecule has 3 aliphatic carbocycles. The summed E-state index contributed by atoms with van der Waals surface area (Å²) >= 11 is 0. The van der Waals surface area contributed by atoms with Gasteiger partial charge in [0, 0.05) is 117 Å². The average molecular weight is 1610 g/mol. The minimum atomic E-state index is -0.0631. The van der Waals surface area contributed by atoms with Gasteiger partial charge in [-0.25, -0.2) is 0 Å². The van der Waals surface area contributed by atoms with E-state index < -0.39 is 0 Å². The number of hydrogen-bond acceptors (Lipinski definition) is 3. The molecule has 0 saturated carbocycles. The van der Waals surface area contributed by atoms with Crippen molar-refractivity contribution in [2.75, 3.05) is 14.7 Å². The van der Waals surface area contributed by atoms with E-state index in [0.717, 1.165) is 28.4 Å². The topological polar surface area (TPSA) is 24.5 Å². The van der Waals surface area contributed by atoms with E-state index >= 15 is 0 Å². The Kier molecular flexibility index (Phi) is 18.3. The first-order valence-electron chi connectivity index (χ1n) is 43.7. The molecule has 3 heterocycles. The second kappa shape index (κ2) is 30.1. The number of para-hydroxylation sites is 8. The molecule has 0 bridgehead atoms. The van der Waals surface area contributed by atoms with E-state index in [1.165, 1.54) is 183 Å². The zero-order valence-electron chi connectivity index (χ0n) is 71.6. The molecule has 18 aromatic carbocycles. The van der Waals surface area contributed by atoms with Crippen molar-refractivity contribution < 1.29 is 0 Å². The Bertz CT molecular complexity index is 7780. The molecule has 125 heavy (non-hydrogen) atoms. The van der Waals surface area contributed by atoms with Crippen LogP contribution in [-0.4, -0.2) is 13.7 Å². The monoisotopic (exact) mass is 1610 g/mol. The number of hydrogen-bond donors (Lipinski definition) is 0. The van der Waals surface area contributed by atoms with Crippen LogP contribution in [0.5, 0.6) is 0 Å². The van der Waals surface area contributed by atoms with Gasteiger partial charge in [0.2, 0.25) is 0 Å². The highest BCUT2D eigenvalue weighted by Gasteiger charge is 2.39. The maximum absolute atomic E-state index is 2.43. The van der Waals surface area contributed by atoms with Gasteiger partial charge in [-0.2, -0.15) is 0 Å². The third kappa shape index (κ3) is 12.6. The van der Waals surface area contributed by atoms with Gasteiger partial charge < -0.3 is 28.4 Å². The molecule has 0 atom stereocenters. The van der Waals surface area contributed by atoms with Gasteiger partial charge in [0.05, 0.1) is 33.1 Å². The third-order valence-corrected chi connectivity index (χ3v) is 26.9. The molecular weight excluding hydrogens is 1510 g/mol. The Balaban J connectivity index is 0.000000111. The number of aromatic nitrogens is 3. The maximum atomic E-state index is 2.43. The van der Waals surface area contributed by atoms with Gasteiger partial charge in [0.1, 0.15) is 0 Å². The van der Waals surface area contributed by atoms with Crippen molar-refractivity contribution in [2.45, 2.75) is 71.6 Å². The van der Waals surface area contributed by atoms with Crippen molar-refractivity contribution in [3.63, 3.8) is 0 Å². The molecule has 0 unspecified atom stereocenters. The fourth-order valence-electron chi connectivity index (χ4n) is 20.8. The lowest BCUT2D eigenvalue weighted by Crippen LogP contribution is -2.16. The number of aryl methyl sites for hydroxylation is 2. The quantitative estimate of drug-likeness (QED) is 0.122. The standard InChI is InChI=1S/2C40H32N2.C39H30N2/c1-27-13-7-11-19-37(27)41(30-21-23-32-31-16-8-10-18-35(31)40(2,3)36(32)26-30)29-22-24-39-34(25-29)33-17-9-12-20-38(33)42(39)28-14-5-4-6-15-28;1-27-17-19-29(20-18-27)41(31-21-23-33-32-13-7-9-15-36(32)40(2,3)37(33)26-31)30-22-24-39-35(25-30)34-14-8-10-16-38(34)42(39)28-11-5-4-6-12-28;1-39(2)35-19-11-9-17-31(35)32-23-21-30(26-36(32)39)40(27-13-5-3-6-14-27)29-22-24-38-34(25-29)33-18-10-12-20-37(33)41(38)28-15-7-4-8-16-28/h2*4-26H,1-3H3;3-26H,1-2H3. The van der Waals surface area contributed by atoms with Crippen LogP contribution in [0.25, 0.3) is 116 Å². The number of nitrogens with zero attached hydrogens (tertiary/aromatic N) is 6. The first-order chi connectivity index (χ1) is 61.1. The SMILES string of the molecule is CC1(C)c2ccccc2-c2ccc(N(c3ccccc3)c3ccc4c(c3)c3ccccc3n4-c3ccccc3)cc21.Cc1ccc(N(c2ccc3c(c2)C(C)(C)c2ccccc2-3)c2ccc3c(c2)c2ccccc2n3-c2ccccc2)cc1.Cc1ccccc1N(c1ccc2c(c1)C(C)(C)c1ccccc1-2)c1ccc2c(c1)c1ccccc1n2-c1ccccc1. The summed E-state index contributed by atoms with van der Waals surface area (Å²) in [6.45, 7) is 18.4. The Morgan fingerprint density at radius 3 is 0.808 bits per heavy atom. The van der Waals surface area contributed by atoms with Crippen molar-refractivity contribution in [3.8, 4) is 50.4 Å². The molecule has 0 radical (unpaired) electrons. The molecule has 0 N–H and O–H groups in total. The minimum Gasteiger partial charge on any atom is -0.310 e. The highest BCUT2D eigenvalue weighted by Crippen LogP contribution is 2.56. The molecular formula is C119H94N6. The number of fused-ring (bicyclic) bond motifs is 18. The van der Waals surface area contributed by atoms with Crippen molar-refractivity contribution in [3.05, 3.63) is 469 Å². The van der Waals surface area contributed by atoms with E-state index in [1.807, 2.05) is 0 Å². The molecule has 24 rings (SSSR count). The number of benzene rings is 18. The lowest BCUT2D eigenvalue weighted by molar-refractivity contribution is 0.660. The summed E-state index contributed by atoms with van der Waals surface area (Å²) in [4.78, 5) is 7.24. The normalized spacial score (nSPS) is 13.3. The molecule has 0 aliphatic heterocycles. The number of anilines is 9. The van der Waals surface area contributed by atoms with Crippen molar-refractivity contribution >= 4 is 117 Å². The summed E-state index contributed by atoms with van der Waals surface area (Å²) in [7, 11) is 0. The molecule has 6 heteroatoms. The van der Waals surface area contributed by atoms with E-state index in [-0.39, 0.29) is 16.2 Å². The lowest BCUT2D eigenvalue weighted by atomic mass is 9.82. The summed E-state index contributed by atoms with van der Waals surface area (Å²) in [6.07, 6.45) is 0. The van der Waals surface area contributed by atoms with Crippen molar-refractivity contribution in [1.29, 1.82) is 0 Å². The van der Waals surface area contributed by atoms with Gasteiger partial charge >= 0.3 is 0 Å². The van der Waals surface area contributed by atoms with Gasteiger partial charge in [0.25, 0.3) is 0 Å². The van der Waals surface area contributed by atoms with Crippen LogP contribution in [0.15, 0.2) is 425 Å². The minimum absolute atomic E-state index is 0.0582. The summed E-state index contributed by atoms with van der Waals surface area (Å²) in [5.74, 6) is 0. The van der Waals surface area contributed by atoms with Gasteiger partial charge in [-0.05, 0) is 262 Å². The maximum Gasteiger partial charge on any atom is 0.0542 e. The first kappa shape index (κ1) is 75.9. The van der Waals surface area contributed by atoms with E-state index in [0.29, 0.717) is 0 Å². The smallest absolute Gasteiger partial charge is 0.0542 e. The lowest BCUT2D eigenvalue weighted by Gasteiger charge is -2.29. The van der Waals surface area contributed by atoms with Gasteiger partial charge in [0.15, 0.2) is 0 Å². The fourth-order valence-corrected chi connectivity index (χ4v) is 20.8. The molecule has 6 nitrogen and oxygen atoms in total. The third-order valence-electron chi connectivity index (χ3n) is 26.9. The first-order valence-corrected chi connectivity index (χ1v) is 43.7. The molecule has 0 amide bonds. The van der Waals surface area contributed by atoms with Gasteiger partial charge in [-0.15, -0.1) is 0 Å². The van der Waals surface area contributed by atoms with Gasteiger partial charge in [-0.1, -0.05) is 296 Å². The molecule has 3 aliphatic rings. The average Bonchev–Trinajstić information content (AvgIpc) is 1.57. The zero-order valence-corrected chi connectivity index (χ0v) is 71.6. The van der Waals surface area contributed by atoms with Crippen LogP contribution in [0, 0.1) is 13.8 Å². The zero-order chi connectivity index (χ0) is 84.4. The Morgan fingerprint density at radius 2 is 0.440 bits per heavy atom. The molecule has 600 valence electrons. The van der Waals surface area contributed by atoms with E-state index in [1.54, 1.807) is 0 Å². The highest BCUT2D eigenvalue weighted by molar-refractivity contribution is 6.14. The van der Waals surface area contributed by atoms with Crippen LogP contribution in [0.1, 0.15) is 86.1 Å².